The van der Waals surface area contributed by atoms with E-state index in [0.717, 1.165) is 12.1 Å². The average Bonchev–Trinajstić information content (AvgIpc) is 2.55. The SMILES string of the molecule is Cc1c(Br)cc(C(=O)O)cc1S(=O)(=O)NNC(=O)c1ccccc1F. The van der Waals surface area contributed by atoms with Crippen molar-refractivity contribution in [3.63, 3.8) is 0 Å². The van der Waals surface area contributed by atoms with Gasteiger partial charge in [-0.15, -0.1) is 4.83 Å². The largest absolute Gasteiger partial charge is 0.478 e. The molecule has 25 heavy (non-hydrogen) atoms. The first-order valence-corrected chi connectivity index (χ1v) is 9.01. The number of carboxylic acid groups (broad SMARTS) is 1. The maximum absolute atomic E-state index is 13.5. The van der Waals surface area contributed by atoms with Crippen molar-refractivity contribution in [3.05, 3.63) is 63.4 Å². The van der Waals surface area contributed by atoms with E-state index in [1.165, 1.54) is 31.2 Å². The smallest absolute Gasteiger partial charge is 0.335 e. The molecule has 0 radical (unpaired) electrons. The number of amides is 1. The number of carbonyl (C=O) groups excluding carboxylic acids is 1. The molecular weight excluding hydrogens is 419 g/mol. The fourth-order valence-corrected chi connectivity index (χ4v) is 3.66. The van der Waals surface area contributed by atoms with Gasteiger partial charge in [0.2, 0.25) is 0 Å². The van der Waals surface area contributed by atoms with Crippen molar-refractivity contribution in [2.24, 2.45) is 0 Å². The summed E-state index contributed by atoms with van der Waals surface area (Å²) in [6.45, 7) is 1.46. The predicted molar refractivity (Wildman–Crippen MR) is 90.0 cm³/mol. The highest BCUT2D eigenvalue weighted by molar-refractivity contribution is 9.10. The minimum atomic E-state index is -4.28. The van der Waals surface area contributed by atoms with E-state index in [-0.39, 0.29) is 26.1 Å². The van der Waals surface area contributed by atoms with E-state index in [1.807, 2.05) is 10.3 Å². The lowest BCUT2D eigenvalue weighted by Gasteiger charge is -2.12. The number of nitrogens with one attached hydrogen (secondary N) is 2. The molecule has 0 fully saturated rings. The summed E-state index contributed by atoms with van der Waals surface area (Å²) in [4.78, 5) is 24.5. The second kappa shape index (κ2) is 7.30. The number of hydrogen-bond donors (Lipinski definition) is 3. The Labute approximate surface area is 151 Å². The Morgan fingerprint density at radius 1 is 1.20 bits per heavy atom. The van der Waals surface area contributed by atoms with Crippen LogP contribution in [0, 0.1) is 12.7 Å². The van der Waals surface area contributed by atoms with Gasteiger partial charge >= 0.3 is 5.97 Å². The molecule has 0 heterocycles. The van der Waals surface area contributed by atoms with Crippen LogP contribution in [0.25, 0.3) is 0 Å². The first-order valence-electron chi connectivity index (χ1n) is 6.73. The molecule has 7 nitrogen and oxygen atoms in total. The fraction of sp³-hybridized carbons (Fsp3) is 0.0667. The molecule has 0 bridgehead atoms. The third-order valence-corrected chi connectivity index (χ3v) is 5.45. The average molecular weight is 431 g/mol. The summed E-state index contributed by atoms with van der Waals surface area (Å²) in [7, 11) is -4.28. The quantitative estimate of drug-likeness (QED) is 0.629. The third-order valence-electron chi connectivity index (χ3n) is 3.25. The van der Waals surface area contributed by atoms with Crippen LogP contribution in [-0.2, 0) is 10.0 Å². The molecule has 0 aromatic heterocycles. The van der Waals surface area contributed by atoms with E-state index in [9.17, 15) is 22.4 Å². The van der Waals surface area contributed by atoms with E-state index >= 15 is 0 Å². The predicted octanol–water partition coefficient (Wildman–Crippen LogP) is 2.22. The molecule has 0 aliphatic rings. The number of hydrogen-bond acceptors (Lipinski definition) is 4. The van der Waals surface area contributed by atoms with Crippen molar-refractivity contribution < 1.29 is 27.5 Å². The molecule has 0 unspecified atom stereocenters. The Morgan fingerprint density at radius 2 is 1.84 bits per heavy atom. The van der Waals surface area contributed by atoms with Crippen molar-refractivity contribution in [2.45, 2.75) is 11.8 Å². The number of sulfonamides is 1. The van der Waals surface area contributed by atoms with Gasteiger partial charge in [0.1, 0.15) is 5.82 Å². The number of rotatable bonds is 5. The highest BCUT2D eigenvalue weighted by atomic mass is 79.9. The van der Waals surface area contributed by atoms with Gasteiger partial charge in [-0.25, -0.2) is 17.6 Å². The van der Waals surface area contributed by atoms with Gasteiger partial charge < -0.3 is 5.11 Å². The highest BCUT2D eigenvalue weighted by Gasteiger charge is 2.22. The maximum atomic E-state index is 13.5. The molecule has 3 N–H and O–H groups in total. The van der Waals surface area contributed by atoms with Crippen LogP contribution in [0.1, 0.15) is 26.3 Å². The summed E-state index contributed by atoms with van der Waals surface area (Å²) in [5, 5.41) is 9.04. The summed E-state index contributed by atoms with van der Waals surface area (Å²) < 4.78 is 38.5. The zero-order valence-electron chi connectivity index (χ0n) is 12.7. The molecular formula is C15H12BrFN2O5S. The molecule has 0 saturated carbocycles. The molecule has 0 atom stereocenters. The van der Waals surface area contributed by atoms with Gasteiger partial charge in [0.25, 0.3) is 15.9 Å². The van der Waals surface area contributed by atoms with Crippen molar-refractivity contribution in [1.82, 2.24) is 10.3 Å². The lowest BCUT2D eigenvalue weighted by atomic mass is 10.1. The molecule has 0 saturated heterocycles. The Hall–Kier alpha value is -2.30. The van der Waals surface area contributed by atoms with Crippen LogP contribution in [0.4, 0.5) is 4.39 Å². The number of hydrazine groups is 1. The normalized spacial score (nSPS) is 11.2. The Balaban J connectivity index is 2.30. The standard InChI is InChI=1S/C15H12BrFN2O5S/c1-8-11(16)6-9(15(21)22)7-13(8)25(23,24)19-18-14(20)10-4-2-3-5-12(10)17/h2-7,19H,1H3,(H,18,20)(H,21,22). The van der Waals surface area contributed by atoms with Crippen molar-refractivity contribution in [3.8, 4) is 0 Å². The fourth-order valence-electron chi connectivity index (χ4n) is 1.94. The van der Waals surface area contributed by atoms with Gasteiger partial charge in [-0.1, -0.05) is 28.1 Å². The van der Waals surface area contributed by atoms with Crippen LogP contribution >= 0.6 is 15.9 Å². The lowest BCUT2D eigenvalue weighted by Crippen LogP contribution is -2.42. The highest BCUT2D eigenvalue weighted by Crippen LogP contribution is 2.25. The zero-order valence-corrected chi connectivity index (χ0v) is 15.1. The molecule has 0 spiro atoms. The minimum absolute atomic E-state index is 0.248. The molecule has 132 valence electrons. The second-order valence-corrected chi connectivity index (χ2v) is 7.43. The monoisotopic (exact) mass is 430 g/mol. The Bertz CT molecular complexity index is 962. The number of carboxylic acids is 1. The van der Waals surface area contributed by atoms with Gasteiger partial charge in [0.05, 0.1) is 16.0 Å². The van der Waals surface area contributed by atoms with Gasteiger partial charge in [-0.2, -0.15) is 0 Å². The topological polar surface area (TPSA) is 113 Å². The second-order valence-electron chi connectivity index (χ2n) is 4.93. The van der Waals surface area contributed by atoms with Gasteiger partial charge in [0.15, 0.2) is 0 Å². The number of benzene rings is 2. The Morgan fingerprint density at radius 3 is 2.44 bits per heavy atom. The molecule has 2 rings (SSSR count). The van der Waals surface area contributed by atoms with Crippen LogP contribution in [-0.4, -0.2) is 25.4 Å². The van der Waals surface area contributed by atoms with Gasteiger partial charge in [-0.05, 0) is 36.8 Å². The van der Waals surface area contributed by atoms with Crippen LogP contribution in [0.2, 0.25) is 0 Å². The van der Waals surface area contributed by atoms with Gasteiger partial charge in [-0.3, -0.25) is 10.2 Å². The molecule has 10 heteroatoms. The minimum Gasteiger partial charge on any atom is -0.478 e. The van der Waals surface area contributed by atoms with Crippen LogP contribution in [0.3, 0.4) is 0 Å². The number of halogens is 2. The molecule has 2 aromatic rings. The molecule has 1 amide bonds. The van der Waals surface area contributed by atoms with Gasteiger partial charge in [0, 0.05) is 4.47 Å². The van der Waals surface area contributed by atoms with Crippen molar-refractivity contribution >= 4 is 37.8 Å². The van der Waals surface area contributed by atoms with Crippen LogP contribution in [0.15, 0.2) is 45.8 Å². The maximum Gasteiger partial charge on any atom is 0.335 e. The first kappa shape index (κ1) is 19.0. The summed E-state index contributed by atoms with van der Waals surface area (Å²) in [6.07, 6.45) is 0. The number of aromatic carboxylic acids is 1. The molecule has 0 aliphatic heterocycles. The number of carbonyl (C=O) groups is 2. The summed E-state index contributed by atoms with van der Waals surface area (Å²) in [5.41, 5.74) is 1.55. The van der Waals surface area contributed by atoms with Crippen molar-refractivity contribution in [2.75, 3.05) is 0 Å². The van der Waals surface area contributed by atoms with Crippen molar-refractivity contribution in [1.29, 1.82) is 0 Å². The van der Waals surface area contributed by atoms with E-state index < -0.39 is 27.7 Å². The van der Waals surface area contributed by atoms with E-state index in [0.29, 0.717) is 0 Å². The molecule has 2 aromatic carbocycles. The van der Waals surface area contributed by atoms with Crippen LogP contribution < -0.4 is 10.3 Å². The van der Waals surface area contributed by atoms with Crippen LogP contribution in [0.5, 0.6) is 0 Å². The summed E-state index contributed by atoms with van der Waals surface area (Å²) in [5.74, 6) is -3.12. The summed E-state index contributed by atoms with van der Waals surface area (Å²) >= 11 is 3.09. The van der Waals surface area contributed by atoms with E-state index in [2.05, 4.69) is 15.9 Å². The first-order chi connectivity index (χ1) is 11.6. The Kier molecular flexibility index (Phi) is 5.55. The van der Waals surface area contributed by atoms with E-state index in [4.69, 9.17) is 5.11 Å². The summed E-state index contributed by atoms with van der Waals surface area (Å²) in [6, 6.07) is 7.26. The zero-order chi connectivity index (χ0) is 18.8. The lowest BCUT2D eigenvalue weighted by molar-refractivity contribution is 0.0696. The van der Waals surface area contributed by atoms with E-state index in [1.54, 1.807) is 0 Å². The molecule has 0 aliphatic carbocycles. The third kappa shape index (κ3) is 4.21.